The molecule has 1 atom stereocenters. The number of amides is 2. The van der Waals surface area contributed by atoms with Gasteiger partial charge in [-0.2, -0.15) is 13.2 Å². The SMILES string of the molecule is CC[C@H](C(=O)NC1CCCC1)N(Cc1c(Cl)cccc1Cl)C(=O)CN(c1cc(C(F)(F)F)ccc1Cl)S(=O)(=O)c1ccccc1. The van der Waals surface area contributed by atoms with E-state index in [-0.39, 0.29) is 39.0 Å². The molecule has 0 aromatic heterocycles. The molecule has 242 valence electrons. The van der Waals surface area contributed by atoms with Crippen LogP contribution in [0.5, 0.6) is 0 Å². The van der Waals surface area contributed by atoms with Gasteiger partial charge < -0.3 is 10.2 Å². The number of halogens is 6. The molecule has 7 nitrogen and oxygen atoms in total. The number of carbonyl (C=O) groups excluding carboxylic acids is 2. The molecule has 0 unspecified atom stereocenters. The van der Waals surface area contributed by atoms with Crippen molar-refractivity contribution in [2.75, 3.05) is 10.8 Å². The van der Waals surface area contributed by atoms with E-state index in [0.717, 1.165) is 36.6 Å². The number of sulfonamides is 1. The molecule has 0 aliphatic heterocycles. The van der Waals surface area contributed by atoms with Crippen LogP contribution in [0.25, 0.3) is 0 Å². The number of hydrogen-bond donors (Lipinski definition) is 1. The first-order chi connectivity index (χ1) is 21.2. The standard InChI is InChI=1S/C31H31Cl3F3N3O4S/c1-2-27(30(42)38-21-9-6-7-10-21)39(18-23-24(32)13-8-14-25(23)33)29(41)19-40(45(43,44)22-11-4-3-5-12-22)28-17-20(31(35,36)37)15-16-26(28)34/h3-5,8,11-17,21,27H,2,6-7,9-10,18-19H2,1H3,(H,38,42)/t27-/m1/s1. The lowest BCUT2D eigenvalue weighted by atomic mass is 10.1. The fourth-order valence-corrected chi connectivity index (χ4v) is 7.49. The summed E-state index contributed by atoms with van der Waals surface area (Å²) in [5.41, 5.74) is -1.40. The maximum atomic E-state index is 14.3. The van der Waals surface area contributed by atoms with E-state index in [0.29, 0.717) is 22.0 Å². The number of carbonyl (C=O) groups is 2. The van der Waals surface area contributed by atoms with Gasteiger partial charge in [0.15, 0.2) is 0 Å². The Kier molecular flexibility index (Phi) is 11.3. The highest BCUT2D eigenvalue weighted by Gasteiger charge is 2.37. The average Bonchev–Trinajstić information content (AvgIpc) is 3.50. The predicted molar refractivity (Wildman–Crippen MR) is 169 cm³/mol. The molecule has 1 N–H and O–H groups in total. The topological polar surface area (TPSA) is 86.8 Å². The van der Waals surface area contributed by atoms with Crippen LogP contribution in [0.4, 0.5) is 18.9 Å². The second kappa shape index (κ2) is 14.6. The van der Waals surface area contributed by atoms with Crippen LogP contribution in [0.3, 0.4) is 0 Å². The Labute approximate surface area is 275 Å². The largest absolute Gasteiger partial charge is 0.416 e. The summed E-state index contributed by atoms with van der Waals surface area (Å²) in [5, 5.41) is 3.06. The first-order valence-electron chi connectivity index (χ1n) is 14.2. The minimum atomic E-state index is -4.83. The van der Waals surface area contributed by atoms with Crippen molar-refractivity contribution in [3.8, 4) is 0 Å². The summed E-state index contributed by atoms with van der Waals surface area (Å²) in [6.45, 7) is 0.437. The van der Waals surface area contributed by atoms with Crippen LogP contribution in [0, 0.1) is 0 Å². The molecule has 14 heteroatoms. The molecule has 1 saturated carbocycles. The maximum Gasteiger partial charge on any atom is 0.416 e. The first kappa shape index (κ1) is 34.9. The van der Waals surface area contributed by atoms with Gasteiger partial charge in [0.05, 0.1) is 21.2 Å². The molecule has 45 heavy (non-hydrogen) atoms. The van der Waals surface area contributed by atoms with Crippen LogP contribution < -0.4 is 9.62 Å². The van der Waals surface area contributed by atoms with Crippen molar-refractivity contribution >= 4 is 62.3 Å². The van der Waals surface area contributed by atoms with Crippen molar-refractivity contribution in [3.63, 3.8) is 0 Å². The summed E-state index contributed by atoms with van der Waals surface area (Å²) in [7, 11) is -4.65. The minimum Gasteiger partial charge on any atom is -0.352 e. The Morgan fingerprint density at radius 1 is 0.933 bits per heavy atom. The van der Waals surface area contributed by atoms with Crippen LogP contribution in [-0.4, -0.2) is 43.8 Å². The van der Waals surface area contributed by atoms with Crippen LogP contribution >= 0.6 is 34.8 Å². The predicted octanol–water partition coefficient (Wildman–Crippen LogP) is 7.73. The molecule has 3 aromatic rings. The molecule has 2 amide bonds. The van der Waals surface area contributed by atoms with Gasteiger partial charge in [0, 0.05) is 28.2 Å². The van der Waals surface area contributed by atoms with Crippen molar-refractivity contribution in [3.05, 3.63) is 92.9 Å². The third kappa shape index (κ3) is 8.24. The van der Waals surface area contributed by atoms with Crippen molar-refractivity contribution < 1.29 is 31.2 Å². The normalized spacial score (nSPS) is 14.6. The van der Waals surface area contributed by atoms with Gasteiger partial charge in [-0.25, -0.2) is 8.42 Å². The zero-order valence-electron chi connectivity index (χ0n) is 24.2. The van der Waals surface area contributed by atoms with Gasteiger partial charge in [-0.1, -0.05) is 78.8 Å². The highest BCUT2D eigenvalue weighted by Crippen LogP contribution is 2.38. The maximum absolute atomic E-state index is 14.3. The van der Waals surface area contributed by atoms with Crippen LogP contribution in [0.15, 0.2) is 71.6 Å². The fraction of sp³-hybridized carbons (Fsp3) is 0.355. The summed E-state index contributed by atoms with van der Waals surface area (Å²) < 4.78 is 69.7. The number of rotatable bonds is 11. The molecular formula is C31H31Cl3F3N3O4S. The number of nitrogens with one attached hydrogen (secondary N) is 1. The summed E-state index contributed by atoms with van der Waals surface area (Å²) in [5.74, 6) is -1.33. The van der Waals surface area contributed by atoms with Crippen LogP contribution in [-0.2, 0) is 32.3 Å². The average molecular weight is 705 g/mol. The zero-order valence-corrected chi connectivity index (χ0v) is 27.2. The number of benzene rings is 3. The summed E-state index contributed by atoms with van der Waals surface area (Å²) in [6, 6.07) is 12.7. The summed E-state index contributed by atoms with van der Waals surface area (Å²) in [6.07, 6.45) is -1.23. The summed E-state index contributed by atoms with van der Waals surface area (Å²) >= 11 is 19.2. The lowest BCUT2D eigenvalue weighted by Crippen LogP contribution is -2.53. The van der Waals surface area contributed by atoms with E-state index >= 15 is 0 Å². The highest BCUT2D eigenvalue weighted by atomic mass is 35.5. The fourth-order valence-electron chi connectivity index (χ4n) is 5.25. The van der Waals surface area contributed by atoms with Gasteiger partial charge in [-0.3, -0.25) is 13.9 Å². The van der Waals surface area contributed by atoms with Crippen LogP contribution in [0.2, 0.25) is 15.1 Å². The van der Waals surface area contributed by atoms with Crippen molar-refractivity contribution in [2.45, 2.75) is 68.7 Å². The molecule has 0 saturated heterocycles. The van der Waals surface area contributed by atoms with E-state index in [4.69, 9.17) is 34.8 Å². The Balaban J connectivity index is 1.81. The Morgan fingerprint density at radius 3 is 2.13 bits per heavy atom. The third-order valence-corrected chi connectivity index (χ3v) is 10.4. The number of anilines is 1. The van der Waals surface area contributed by atoms with Crippen LogP contribution in [0.1, 0.15) is 50.2 Å². The Morgan fingerprint density at radius 2 is 1.56 bits per heavy atom. The molecule has 1 fully saturated rings. The second-order valence-corrected chi connectivity index (χ2v) is 13.7. The number of alkyl halides is 3. The van der Waals surface area contributed by atoms with Gasteiger partial charge >= 0.3 is 6.18 Å². The summed E-state index contributed by atoms with van der Waals surface area (Å²) in [4.78, 5) is 28.7. The zero-order chi connectivity index (χ0) is 32.9. The van der Waals surface area contributed by atoms with Gasteiger partial charge in [0.1, 0.15) is 12.6 Å². The van der Waals surface area contributed by atoms with Gasteiger partial charge in [-0.15, -0.1) is 0 Å². The number of nitrogens with zero attached hydrogens (tertiary/aromatic N) is 2. The molecular weight excluding hydrogens is 674 g/mol. The molecule has 0 spiro atoms. The van der Waals surface area contributed by atoms with E-state index in [1.54, 1.807) is 31.2 Å². The molecule has 3 aromatic carbocycles. The van der Waals surface area contributed by atoms with E-state index in [1.165, 1.54) is 24.3 Å². The molecule has 0 heterocycles. The first-order valence-corrected chi connectivity index (χ1v) is 16.8. The Bertz CT molecular complexity index is 1620. The van der Waals surface area contributed by atoms with Gasteiger partial charge in [0.25, 0.3) is 10.0 Å². The third-order valence-electron chi connectivity index (χ3n) is 7.63. The van der Waals surface area contributed by atoms with E-state index in [9.17, 15) is 31.2 Å². The lowest BCUT2D eigenvalue weighted by molar-refractivity contribution is -0.140. The van der Waals surface area contributed by atoms with E-state index in [1.807, 2.05) is 0 Å². The monoisotopic (exact) mass is 703 g/mol. The van der Waals surface area contributed by atoms with Gasteiger partial charge in [-0.05, 0) is 61.7 Å². The van der Waals surface area contributed by atoms with Crippen molar-refractivity contribution in [2.24, 2.45) is 0 Å². The van der Waals surface area contributed by atoms with Crippen molar-refractivity contribution in [1.29, 1.82) is 0 Å². The second-order valence-electron chi connectivity index (χ2n) is 10.6. The number of hydrogen-bond acceptors (Lipinski definition) is 4. The minimum absolute atomic E-state index is 0.0775. The highest BCUT2D eigenvalue weighted by molar-refractivity contribution is 7.92. The molecule has 4 rings (SSSR count). The van der Waals surface area contributed by atoms with Crippen molar-refractivity contribution in [1.82, 2.24) is 10.2 Å². The van der Waals surface area contributed by atoms with E-state index < -0.39 is 51.9 Å². The smallest absolute Gasteiger partial charge is 0.352 e. The lowest BCUT2D eigenvalue weighted by Gasteiger charge is -2.34. The van der Waals surface area contributed by atoms with Gasteiger partial charge in [0.2, 0.25) is 11.8 Å². The Hall–Kier alpha value is -2.99. The quantitative estimate of drug-likeness (QED) is 0.222. The van der Waals surface area contributed by atoms with E-state index in [2.05, 4.69) is 5.32 Å². The molecule has 0 bridgehead atoms. The molecule has 0 radical (unpaired) electrons. The molecule has 1 aliphatic carbocycles. The molecule has 1 aliphatic rings.